The summed E-state index contributed by atoms with van der Waals surface area (Å²) >= 11 is 3.38. The predicted octanol–water partition coefficient (Wildman–Crippen LogP) is 3.10. The predicted molar refractivity (Wildman–Crippen MR) is 72.9 cm³/mol. The van der Waals surface area contributed by atoms with Crippen molar-refractivity contribution >= 4 is 15.9 Å². The van der Waals surface area contributed by atoms with Gasteiger partial charge >= 0.3 is 0 Å². The highest BCUT2D eigenvalue weighted by Crippen LogP contribution is 2.31. The maximum Gasteiger partial charge on any atom is 0.144 e. The lowest BCUT2D eigenvalue weighted by Crippen LogP contribution is -1.98. The quantitative estimate of drug-likeness (QED) is 0.943. The summed E-state index contributed by atoms with van der Waals surface area (Å²) in [5.74, 6) is 2.10. The summed E-state index contributed by atoms with van der Waals surface area (Å²) in [7, 11) is 1.61. The van der Waals surface area contributed by atoms with Crippen LogP contribution in [0, 0.1) is 0 Å². The molecule has 0 radical (unpaired) electrons. The molecule has 0 saturated heterocycles. The van der Waals surface area contributed by atoms with Crippen LogP contribution in [0.3, 0.4) is 0 Å². The van der Waals surface area contributed by atoms with Gasteiger partial charge in [0.1, 0.15) is 17.2 Å². The summed E-state index contributed by atoms with van der Waals surface area (Å²) in [6, 6.07) is 7.36. The van der Waals surface area contributed by atoms with Crippen LogP contribution in [0.25, 0.3) is 0 Å². The Morgan fingerprint density at radius 3 is 2.72 bits per heavy atom. The number of hydrogen-bond donors (Lipinski definition) is 1. The van der Waals surface area contributed by atoms with E-state index >= 15 is 0 Å². The van der Waals surface area contributed by atoms with E-state index < -0.39 is 0 Å². The molecule has 0 atom stereocenters. The molecule has 0 aliphatic heterocycles. The van der Waals surface area contributed by atoms with Crippen LogP contribution in [0.1, 0.15) is 5.56 Å². The van der Waals surface area contributed by atoms with Crippen molar-refractivity contribution in [2.45, 2.75) is 6.54 Å². The van der Waals surface area contributed by atoms with Crippen molar-refractivity contribution in [3.63, 3.8) is 0 Å². The zero-order valence-corrected chi connectivity index (χ0v) is 11.5. The van der Waals surface area contributed by atoms with Gasteiger partial charge in [0, 0.05) is 31.1 Å². The second-order valence-corrected chi connectivity index (χ2v) is 4.48. The molecule has 94 valence electrons. The van der Waals surface area contributed by atoms with Crippen molar-refractivity contribution in [3.05, 3.63) is 46.7 Å². The summed E-state index contributed by atoms with van der Waals surface area (Å²) in [5, 5.41) is 0. The van der Waals surface area contributed by atoms with Crippen LogP contribution in [0.2, 0.25) is 0 Å². The highest BCUT2D eigenvalue weighted by Gasteiger charge is 2.05. The van der Waals surface area contributed by atoms with Gasteiger partial charge in [-0.2, -0.15) is 0 Å². The summed E-state index contributed by atoms with van der Waals surface area (Å²) in [4.78, 5) is 3.98. The van der Waals surface area contributed by atoms with Crippen LogP contribution in [0.15, 0.2) is 41.1 Å². The minimum atomic E-state index is 0.436. The van der Waals surface area contributed by atoms with Crippen LogP contribution >= 0.6 is 15.9 Å². The van der Waals surface area contributed by atoms with Crippen molar-refractivity contribution < 1.29 is 9.47 Å². The lowest BCUT2D eigenvalue weighted by molar-refractivity contribution is 0.408. The zero-order chi connectivity index (χ0) is 13.0. The largest absolute Gasteiger partial charge is 0.497 e. The maximum atomic E-state index is 5.77. The number of methoxy groups -OCH3 is 1. The highest BCUT2D eigenvalue weighted by molar-refractivity contribution is 9.10. The lowest BCUT2D eigenvalue weighted by atomic mass is 10.2. The van der Waals surface area contributed by atoms with Crippen molar-refractivity contribution in [1.29, 1.82) is 0 Å². The molecule has 2 N–H and O–H groups in total. The van der Waals surface area contributed by atoms with E-state index in [1.165, 1.54) is 0 Å². The Hall–Kier alpha value is -1.59. The number of aromatic nitrogens is 1. The molecule has 2 aromatic rings. The monoisotopic (exact) mass is 308 g/mol. The molecule has 18 heavy (non-hydrogen) atoms. The number of nitrogens with two attached hydrogens (primary N) is 1. The minimum absolute atomic E-state index is 0.436. The Morgan fingerprint density at radius 1 is 1.28 bits per heavy atom. The SMILES string of the molecule is COc1cc(CN)cc(Oc2ccncc2Br)c1. The molecular formula is C13H13BrN2O2. The van der Waals surface area contributed by atoms with Crippen molar-refractivity contribution in [2.24, 2.45) is 5.73 Å². The highest BCUT2D eigenvalue weighted by atomic mass is 79.9. The third kappa shape index (κ3) is 3.00. The summed E-state index contributed by atoms with van der Waals surface area (Å²) < 4.78 is 11.8. The van der Waals surface area contributed by atoms with Gasteiger partial charge in [-0.05, 0) is 33.6 Å². The molecule has 0 bridgehead atoms. The molecule has 2 rings (SSSR count). The number of ether oxygens (including phenoxy) is 2. The number of rotatable bonds is 4. The number of nitrogens with zero attached hydrogens (tertiary/aromatic N) is 1. The molecule has 4 nitrogen and oxygen atoms in total. The van der Waals surface area contributed by atoms with Gasteiger partial charge in [0.15, 0.2) is 0 Å². The fraction of sp³-hybridized carbons (Fsp3) is 0.154. The second-order valence-electron chi connectivity index (χ2n) is 3.63. The average molecular weight is 309 g/mol. The van der Waals surface area contributed by atoms with Crippen molar-refractivity contribution in [2.75, 3.05) is 7.11 Å². The molecule has 0 amide bonds. The Balaban J connectivity index is 2.31. The standard InChI is InChI=1S/C13H13BrN2O2/c1-17-10-4-9(7-15)5-11(6-10)18-13-2-3-16-8-12(13)14/h2-6,8H,7,15H2,1H3. The van der Waals surface area contributed by atoms with Gasteiger partial charge in [-0.1, -0.05) is 0 Å². The van der Waals surface area contributed by atoms with Gasteiger partial charge in [-0.3, -0.25) is 4.98 Å². The zero-order valence-electron chi connectivity index (χ0n) is 9.89. The third-order valence-electron chi connectivity index (χ3n) is 2.37. The normalized spacial score (nSPS) is 10.2. The Kier molecular flexibility index (Phi) is 4.17. The number of halogens is 1. The Bertz CT molecular complexity index is 524. The summed E-state index contributed by atoms with van der Waals surface area (Å²) in [5.41, 5.74) is 6.59. The molecule has 1 aromatic heterocycles. The lowest BCUT2D eigenvalue weighted by Gasteiger charge is -2.10. The Morgan fingerprint density at radius 2 is 2.06 bits per heavy atom. The number of pyridine rings is 1. The first-order valence-corrected chi connectivity index (χ1v) is 6.17. The molecule has 0 aliphatic rings. The molecule has 0 aliphatic carbocycles. The van der Waals surface area contributed by atoms with E-state index in [0.29, 0.717) is 18.0 Å². The molecule has 1 heterocycles. The van der Waals surface area contributed by atoms with E-state index in [-0.39, 0.29) is 0 Å². The molecule has 0 unspecified atom stereocenters. The summed E-state index contributed by atoms with van der Waals surface area (Å²) in [6.07, 6.45) is 3.35. The van der Waals surface area contributed by atoms with E-state index in [4.69, 9.17) is 15.2 Å². The van der Waals surface area contributed by atoms with Crippen molar-refractivity contribution in [1.82, 2.24) is 4.98 Å². The third-order valence-corrected chi connectivity index (χ3v) is 2.97. The van der Waals surface area contributed by atoms with Gasteiger partial charge in [0.2, 0.25) is 0 Å². The molecule has 0 spiro atoms. The fourth-order valence-corrected chi connectivity index (χ4v) is 1.83. The second kappa shape index (κ2) is 5.84. The molecule has 0 saturated carbocycles. The van der Waals surface area contributed by atoms with Crippen LogP contribution in [0.5, 0.6) is 17.2 Å². The van der Waals surface area contributed by atoms with Gasteiger partial charge in [0.25, 0.3) is 0 Å². The average Bonchev–Trinajstić information content (AvgIpc) is 2.41. The van der Waals surface area contributed by atoms with Crippen LogP contribution < -0.4 is 15.2 Å². The smallest absolute Gasteiger partial charge is 0.144 e. The van der Waals surface area contributed by atoms with Gasteiger partial charge in [-0.25, -0.2) is 0 Å². The van der Waals surface area contributed by atoms with E-state index in [1.54, 1.807) is 25.6 Å². The van der Waals surface area contributed by atoms with Crippen LogP contribution in [-0.2, 0) is 6.54 Å². The molecular weight excluding hydrogens is 296 g/mol. The first-order valence-electron chi connectivity index (χ1n) is 5.38. The number of hydrogen-bond acceptors (Lipinski definition) is 4. The fourth-order valence-electron chi connectivity index (χ4n) is 1.50. The van der Waals surface area contributed by atoms with E-state index in [2.05, 4.69) is 20.9 Å². The van der Waals surface area contributed by atoms with Gasteiger partial charge in [-0.15, -0.1) is 0 Å². The van der Waals surface area contributed by atoms with Crippen molar-refractivity contribution in [3.8, 4) is 17.2 Å². The number of benzene rings is 1. The molecule has 5 heteroatoms. The first-order chi connectivity index (χ1) is 8.72. The van der Waals surface area contributed by atoms with E-state index in [1.807, 2.05) is 18.2 Å². The van der Waals surface area contributed by atoms with E-state index in [0.717, 1.165) is 15.8 Å². The maximum absolute atomic E-state index is 5.77. The molecule has 1 aromatic carbocycles. The van der Waals surface area contributed by atoms with Crippen LogP contribution in [0.4, 0.5) is 0 Å². The molecule has 0 fully saturated rings. The first kappa shape index (κ1) is 12.9. The summed E-state index contributed by atoms with van der Waals surface area (Å²) in [6.45, 7) is 0.436. The van der Waals surface area contributed by atoms with E-state index in [9.17, 15) is 0 Å². The minimum Gasteiger partial charge on any atom is -0.497 e. The van der Waals surface area contributed by atoms with Gasteiger partial charge in [0.05, 0.1) is 11.6 Å². The van der Waals surface area contributed by atoms with Crippen LogP contribution in [-0.4, -0.2) is 12.1 Å². The van der Waals surface area contributed by atoms with Gasteiger partial charge < -0.3 is 15.2 Å². The Labute approximate surface area is 114 Å². The topological polar surface area (TPSA) is 57.4 Å².